The summed E-state index contributed by atoms with van der Waals surface area (Å²) >= 11 is 0. The molecule has 0 saturated heterocycles. The highest BCUT2D eigenvalue weighted by atomic mass is 32.2. The van der Waals surface area contributed by atoms with Crippen LogP contribution in [0.5, 0.6) is 0 Å². The molecule has 0 aromatic carbocycles. The molecule has 0 spiro atoms. The Morgan fingerprint density at radius 3 is 2.15 bits per heavy atom. The maximum absolute atomic E-state index is 11.4. The first kappa shape index (κ1) is 12.1. The van der Waals surface area contributed by atoms with Crippen LogP contribution < -0.4 is 0 Å². The molecule has 0 aromatic rings. The van der Waals surface area contributed by atoms with Crippen molar-refractivity contribution in [1.82, 2.24) is 4.31 Å². The summed E-state index contributed by atoms with van der Waals surface area (Å²) in [5.74, 6) is -0.158. The van der Waals surface area contributed by atoms with Gasteiger partial charge in [-0.1, -0.05) is 12.2 Å². The molecule has 0 atom stereocenters. The fraction of sp³-hybridized carbons (Fsp3) is 0.375. The molecular weight excluding hydrogens is 190 g/mol. The Balaban J connectivity index is 4.59. The van der Waals surface area contributed by atoms with Crippen LogP contribution in [0.2, 0.25) is 0 Å². The van der Waals surface area contributed by atoms with Crippen LogP contribution >= 0.6 is 0 Å². The molecule has 4 nitrogen and oxygen atoms in total. The maximum Gasteiger partial charge on any atom is 0.218 e. The standard InChI is InChI=1S/C8H13NO3S/c1-3-5-9(6-7-10)13(11,12)8-4-2/h3-4,7H,1-2,5-6,8H2. The van der Waals surface area contributed by atoms with Crippen LogP contribution in [-0.4, -0.2) is 37.9 Å². The van der Waals surface area contributed by atoms with Gasteiger partial charge in [-0.3, -0.25) is 0 Å². The van der Waals surface area contributed by atoms with E-state index < -0.39 is 10.0 Å². The summed E-state index contributed by atoms with van der Waals surface area (Å²) in [6.45, 7) is 6.75. The Kier molecular flexibility index (Phi) is 5.25. The highest BCUT2D eigenvalue weighted by Gasteiger charge is 2.17. The highest BCUT2D eigenvalue weighted by Crippen LogP contribution is 2.00. The minimum atomic E-state index is -3.38. The van der Waals surface area contributed by atoms with E-state index in [0.29, 0.717) is 6.29 Å². The highest BCUT2D eigenvalue weighted by molar-refractivity contribution is 7.89. The van der Waals surface area contributed by atoms with Crippen molar-refractivity contribution in [2.24, 2.45) is 0 Å². The first-order valence-electron chi connectivity index (χ1n) is 3.71. The average Bonchev–Trinajstić information content (AvgIpc) is 2.04. The van der Waals surface area contributed by atoms with Gasteiger partial charge < -0.3 is 4.79 Å². The van der Waals surface area contributed by atoms with Gasteiger partial charge in [-0.05, 0) is 0 Å². The van der Waals surface area contributed by atoms with Crippen LogP contribution in [0.1, 0.15) is 0 Å². The zero-order chi connectivity index (χ0) is 10.3. The molecule has 0 bridgehead atoms. The Bertz CT molecular complexity index is 272. The molecule has 0 N–H and O–H groups in total. The Morgan fingerprint density at radius 1 is 1.15 bits per heavy atom. The number of carbonyl (C=O) groups excluding carboxylic acids is 1. The third kappa shape index (κ3) is 4.00. The van der Waals surface area contributed by atoms with Gasteiger partial charge in [0.25, 0.3) is 0 Å². The number of nitrogens with zero attached hydrogens (tertiary/aromatic N) is 1. The molecule has 0 amide bonds. The third-order valence-electron chi connectivity index (χ3n) is 1.33. The summed E-state index contributed by atoms with van der Waals surface area (Å²) < 4.78 is 23.8. The van der Waals surface area contributed by atoms with Gasteiger partial charge in [0.05, 0.1) is 12.3 Å². The van der Waals surface area contributed by atoms with Crippen molar-refractivity contribution in [2.45, 2.75) is 0 Å². The quantitative estimate of drug-likeness (QED) is 0.438. The largest absolute Gasteiger partial charge is 0.302 e. The fourth-order valence-electron chi connectivity index (χ4n) is 0.783. The Hall–Kier alpha value is -0.940. The van der Waals surface area contributed by atoms with Crippen LogP contribution in [0.4, 0.5) is 0 Å². The summed E-state index contributed by atoms with van der Waals surface area (Å²) in [5, 5.41) is 0. The lowest BCUT2D eigenvalue weighted by atomic mass is 10.6. The molecule has 5 heteroatoms. The van der Waals surface area contributed by atoms with Crippen LogP contribution in [0.15, 0.2) is 25.3 Å². The van der Waals surface area contributed by atoms with Gasteiger partial charge in [-0.2, -0.15) is 4.31 Å². The minimum absolute atomic E-state index is 0.137. The zero-order valence-electron chi connectivity index (χ0n) is 7.35. The lowest BCUT2D eigenvalue weighted by molar-refractivity contribution is -0.108. The van der Waals surface area contributed by atoms with Crippen molar-refractivity contribution < 1.29 is 13.2 Å². The molecule has 0 aliphatic carbocycles. The van der Waals surface area contributed by atoms with Crippen molar-refractivity contribution in [3.05, 3.63) is 25.3 Å². The van der Waals surface area contributed by atoms with Crippen molar-refractivity contribution in [3.8, 4) is 0 Å². The van der Waals surface area contributed by atoms with Gasteiger partial charge >= 0.3 is 0 Å². The second kappa shape index (κ2) is 5.66. The molecule has 0 aromatic heterocycles. The van der Waals surface area contributed by atoms with Crippen LogP contribution in [0, 0.1) is 0 Å². The number of hydrogen-bond acceptors (Lipinski definition) is 3. The first-order valence-corrected chi connectivity index (χ1v) is 5.32. The summed E-state index contributed by atoms with van der Waals surface area (Å²) in [6.07, 6.45) is 3.27. The molecule has 0 radical (unpaired) electrons. The molecule has 0 aliphatic heterocycles. The van der Waals surface area contributed by atoms with Gasteiger partial charge in [0.2, 0.25) is 10.0 Å². The summed E-state index contributed by atoms with van der Waals surface area (Å²) in [4.78, 5) is 10.2. The number of hydrogen-bond donors (Lipinski definition) is 0. The van der Waals surface area contributed by atoms with E-state index in [4.69, 9.17) is 0 Å². The molecule has 0 fully saturated rings. The zero-order valence-corrected chi connectivity index (χ0v) is 8.16. The predicted octanol–water partition coefficient (Wildman–Crippen LogP) is 0.189. The van der Waals surface area contributed by atoms with E-state index in [1.54, 1.807) is 0 Å². The lowest BCUT2D eigenvalue weighted by Crippen LogP contribution is -2.34. The smallest absolute Gasteiger partial charge is 0.218 e. The average molecular weight is 203 g/mol. The SMILES string of the molecule is C=CCN(CC=O)S(=O)(=O)CC=C. The van der Waals surface area contributed by atoms with E-state index in [9.17, 15) is 13.2 Å². The molecule has 0 heterocycles. The maximum atomic E-state index is 11.4. The number of rotatable bonds is 7. The lowest BCUT2D eigenvalue weighted by Gasteiger charge is -2.16. The van der Waals surface area contributed by atoms with Crippen LogP contribution in [0.25, 0.3) is 0 Å². The summed E-state index contributed by atoms with van der Waals surface area (Å²) in [7, 11) is -3.38. The van der Waals surface area contributed by atoms with E-state index in [1.807, 2.05) is 0 Å². The van der Waals surface area contributed by atoms with Gasteiger partial charge in [0, 0.05) is 6.54 Å². The van der Waals surface area contributed by atoms with Crippen LogP contribution in [0.3, 0.4) is 0 Å². The van der Waals surface area contributed by atoms with Crippen molar-refractivity contribution >= 4 is 16.3 Å². The fourth-order valence-corrected chi connectivity index (χ4v) is 1.91. The van der Waals surface area contributed by atoms with E-state index in [-0.39, 0.29) is 18.8 Å². The molecule has 0 unspecified atom stereocenters. The Morgan fingerprint density at radius 2 is 1.77 bits per heavy atom. The molecule has 13 heavy (non-hydrogen) atoms. The van der Waals surface area contributed by atoms with Gasteiger partial charge in [-0.15, -0.1) is 13.2 Å². The number of carbonyl (C=O) groups is 1. The van der Waals surface area contributed by atoms with Crippen molar-refractivity contribution in [3.63, 3.8) is 0 Å². The Labute approximate surface area is 78.6 Å². The van der Waals surface area contributed by atoms with Gasteiger partial charge in [0.1, 0.15) is 6.29 Å². The third-order valence-corrected chi connectivity index (χ3v) is 3.07. The van der Waals surface area contributed by atoms with Crippen molar-refractivity contribution in [2.75, 3.05) is 18.8 Å². The molecule has 0 aliphatic rings. The van der Waals surface area contributed by atoms with Crippen molar-refractivity contribution in [1.29, 1.82) is 0 Å². The molecular formula is C8H13NO3S. The second-order valence-electron chi connectivity index (χ2n) is 2.34. The van der Waals surface area contributed by atoms with Crippen LogP contribution in [-0.2, 0) is 14.8 Å². The predicted molar refractivity (Wildman–Crippen MR) is 51.8 cm³/mol. The molecule has 0 saturated carbocycles. The summed E-state index contributed by atoms with van der Waals surface area (Å²) in [6, 6.07) is 0. The number of sulfonamides is 1. The first-order chi connectivity index (χ1) is 6.08. The normalized spacial score (nSPS) is 11.2. The van der Waals surface area contributed by atoms with E-state index in [0.717, 1.165) is 4.31 Å². The van der Waals surface area contributed by atoms with E-state index in [1.165, 1.54) is 12.2 Å². The molecule has 74 valence electrons. The topological polar surface area (TPSA) is 54.5 Å². The van der Waals surface area contributed by atoms with E-state index >= 15 is 0 Å². The number of aldehydes is 1. The second-order valence-corrected chi connectivity index (χ2v) is 4.35. The summed E-state index contributed by atoms with van der Waals surface area (Å²) in [5.41, 5.74) is 0. The molecule has 0 rings (SSSR count). The van der Waals surface area contributed by atoms with E-state index in [2.05, 4.69) is 13.2 Å². The monoisotopic (exact) mass is 203 g/mol. The van der Waals surface area contributed by atoms with Gasteiger partial charge in [0.15, 0.2) is 0 Å². The van der Waals surface area contributed by atoms with Gasteiger partial charge in [-0.25, -0.2) is 8.42 Å². The minimum Gasteiger partial charge on any atom is -0.302 e.